The zero-order valence-electron chi connectivity index (χ0n) is 15.1. The first kappa shape index (κ1) is 17.2. The Bertz CT molecular complexity index is 666. The summed E-state index contributed by atoms with van der Waals surface area (Å²) in [7, 11) is 0. The molecule has 3 fully saturated rings. The van der Waals surface area contributed by atoms with Crippen LogP contribution in [0.25, 0.3) is 0 Å². The first-order valence-corrected chi connectivity index (χ1v) is 9.64. The van der Waals surface area contributed by atoms with Crippen molar-refractivity contribution in [2.75, 3.05) is 32.8 Å². The Labute approximate surface area is 154 Å². The second kappa shape index (κ2) is 7.55. The molecule has 2 bridgehead atoms. The highest BCUT2D eigenvalue weighted by Gasteiger charge is 2.41. The molecule has 2 heterocycles. The van der Waals surface area contributed by atoms with Crippen LogP contribution < -0.4 is 10.1 Å². The van der Waals surface area contributed by atoms with Gasteiger partial charge in [0, 0.05) is 38.3 Å². The largest absolute Gasteiger partial charge is 0.492 e. The quantitative estimate of drug-likeness (QED) is 0.850. The molecule has 138 valence electrons. The van der Waals surface area contributed by atoms with Gasteiger partial charge in [-0.2, -0.15) is 5.26 Å². The number of rotatable bonds is 6. The van der Waals surface area contributed by atoms with Crippen molar-refractivity contribution in [1.82, 2.24) is 15.1 Å². The summed E-state index contributed by atoms with van der Waals surface area (Å²) < 4.78 is 5.83. The van der Waals surface area contributed by atoms with E-state index >= 15 is 0 Å². The molecule has 4 rings (SSSR count). The summed E-state index contributed by atoms with van der Waals surface area (Å²) in [6, 6.07) is 10.4. The molecule has 0 aromatic heterocycles. The summed E-state index contributed by atoms with van der Waals surface area (Å²) in [4.78, 5) is 16.9. The van der Waals surface area contributed by atoms with Gasteiger partial charge >= 0.3 is 6.03 Å². The van der Waals surface area contributed by atoms with Crippen molar-refractivity contribution in [1.29, 1.82) is 5.26 Å². The van der Waals surface area contributed by atoms with Gasteiger partial charge in [-0.05, 0) is 55.9 Å². The van der Waals surface area contributed by atoms with Gasteiger partial charge in [0.15, 0.2) is 0 Å². The zero-order chi connectivity index (χ0) is 17.9. The smallest absolute Gasteiger partial charge is 0.317 e. The molecular formula is C20H26N4O2. The first-order chi connectivity index (χ1) is 12.7. The minimum absolute atomic E-state index is 0.113. The van der Waals surface area contributed by atoms with Crippen LogP contribution in [0, 0.1) is 17.2 Å². The van der Waals surface area contributed by atoms with Crippen molar-refractivity contribution in [3.8, 4) is 11.8 Å². The van der Waals surface area contributed by atoms with Gasteiger partial charge in [-0.3, -0.25) is 4.90 Å². The summed E-state index contributed by atoms with van der Waals surface area (Å²) in [5.41, 5.74) is 0.645. The number of ether oxygens (including phenoxy) is 1. The van der Waals surface area contributed by atoms with E-state index < -0.39 is 0 Å². The Kier molecular flexibility index (Phi) is 4.98. The lowest BCUT2D eigenvalue weighted by molar-refractivity contribution is 0.0710. The third kappa shape index (κ3) is 3.94. The number of piperazine rings is 1. The summed E-state index contributed by atoms with van der Waals surface area (Å²) in [6.07, 6.45) is 4.85. The normalized spacial score (nSPS) is 25.0. The van der Waals surface area contributed by atoms with Crippen LogP contribution >= 0.6 is 0 Å². The van der Waals surface area contributed by atoms with E-state index in [0.29, 0.717) is 24.3 Å². The molecule has 2 saturated heterocycles. The molecule has 1 aromatic rings. The molecule has 2 atom stereocenters. The number of carbonyl (C=O) groups excluding carboxylic acids is 1. The molecule has 1 aromatic carbocycles. The van der Waals surface area contributed by atoms with Crippen molar-refractivity contribution in [2.24, 2.45) is 5.92 Å². The van der Waals surface area contributed by atoms with E-state index in [2.05, 4.69) is 16.3 Å². The number of fused-ring (bicyclic) bond motifs is 2. The van der Waals surface area contributed by atoms with E-state index in [1.54, 1.807) is 12.1 Å². The molecule has 0 radical (unpaired) electrons. The van der Waals surface area contributed by atoms with Gasteiger partial charge in [0.2, 0.25) is 0 Å². The number of urea groups is 1. The fourth-order valence-electron chi connectivity index (χ4n) is 4.08. The predicted octanol–water partition coefficient (Wildman–Crippen LogP) is 2.21. The Hall–Kier alpha value is -2.26. The third-order valence-corrected chi connectivity index (χ3v) is 5.76. The number of hydrogen-bond acceptors (Lipinski definition) is 4. The SMILES string of the molecule is N#Cc1ccc(OCCN2C3CCC2CN(C(=O)NCC2CC2)C3)cc1. The summed E-state index contributed by atoms with van der Waals surface area (Å²) in [5.74, 6) is 1.52. The molecule has 2 amide bonds. The molecule has 26 heavy (non-hydrogen) atoms. The molecular weight excluding hydrogens is 328 g/mol. The van der Waals surface area contributed by atoms with Gasteiger partial charge in [-0.15, -0.1) is 0 Å². The minimum Gasteiger partial charge on any atom is -0.492 e. The number of nitrogens with zero attached hydrogens (tertiary/aromatic N) is 3. The Morgan fingerprint density at radius 1 is 1.15 bits per heavy atom. The highest BCUT2D eigenvalue weighted by atomic mass is 16.5. The van der Waals surface area contributed by atoms with Gasteiger partial charge in [0.05, 0.1) is 11.6 Å². The Morgan fingerprint density at radius 2 is 1.85 bits per heavy atom. The van der Waals surface area contributed by atoms with E-state index in [9.17, 15) is 4.79 Å². The average Bonchev–Trinajstić information content (AvgIpc) is 3.46. The second-order valence-corrected chi connectivity index (χ2v) is 7.64. The summed E-state index contributed by atoms with van der Waals surface area (Å²) in [6.45, 7) is 4.00. The maximum Gasteiger partial charge on any atom is 0.317 e. The predicted molar refractivity (Wildman–Crippen MR) is 97.9 cm³/mol. The van der Waals surface area contributed by atoms with E-state index in [4.69, 9.17) is 10.00 Å². The number of nitriles is 1. The number of hydrogen-bond donors (Lipinski definition) is 1. The van der Waals surface area contributed by atoms with Crippen molar-refractivity contribution in [3.05, 3.63) is 29.8 Å². The van der Waals surface area contributed by atoms with Crippen LogP contribution in [0.5, 0.6) is 5.75 Å². The highest BCUT2D eigenvalue weighted by Crippen LogP contribution is 2.30. The van der Waals surface area contributed by atoms with Crippen LogP contribution in [0.2, 0.25) is 0 Å². The lowest BCUT2D eigenvalue weighted by Crippen LogP contribution is -2.58. The molecule has 6 nitrogen and oxygen atoms in total. The molecule has 0 spiro atoms. The summed E-state index contributed by atoms with van der Waals surface area (Å²) in [5, 5.41) is 11.9. The standard InChI is InChI=1S/C20H26N4O2/c21-11-15-3-7-19(8-4-15)26-10-9-24-17-5-6-18(24)14-23(13-17)20(25)22-12-16-1-2-16/h3-4,7-8,16-18H,1-2,5-6,9-10,12-14H2,(H,22,25). The highest BCUT2D eigenvalue weighted by molar-refractivity contribution is 5.74. The van der Waals surface area contributed by atoms with Crippen molar-refractivity contribution in [2.45, 2.75) is 37.8 Å². The average molecular weight is 354 g/mol. The second-order valence-electron chi connectivity index (χ2n) is 7.64. The number of nitrogens with one attached hydrogen (secondary N) is 1. The van der Waals surface area contributed by atoms with Crippen LogP contribution in [0.1, 0.15) is 31.2 Å². The van der Waals surface area contributed by atoms with Crippen molar-refractivity contribution >= 4 is 6.03 Å². The topological polar surface area (TPSA) is 68.6 Å². The molecule has 2 unspecified atom stereocenters. The maximum absolute atomic E-state index is 12.4. The van der Waals surface area contributed by atoms with Crippen molar-refractivity contribution < 1.29 is 9.53 Å². The van der Waals surface area contributed by atoms with Crippen LogP contribution in [0.15, 0.2) is 24.3 Å². The third-order valence-electron chi connectivity index (χ3n) is 5.76. The molecule has 6 heteroatoms. The molecule has 1 saturated carbocycles. The number of amides is 2. The first-order valence-electron chi connectivity index (χ1n) is 9.64. The van der Waals surface area contributed by atoms with E-state index in [-0.39, 0.29) is 6.03 Å². The number of carbonyl (C=O) groups is 1. The van der Waals surface area contributed by atoms with E-state index in [0.717, 1.165) is 50.7 Å². The van der Waals surface area contributed by atoms with Gasteiger partial charge < -0.3 is 15.0 Å². The number of benzene rings is 1. The van der Waals surface area contributed by atoms with Crippen LogP contribution in [-0.4, -0.2) is 60.7 Å². The molecule has 2 aliphatic heterocycles. The number of likely N-dealkylation sites (tertiary alicyclic amines) is 1. The fourth-order valence-corrected chi connectivity index (χ4v) is 4.08. The lowest BCUT2D eigenvalue weighted by Gasteiger charge is -2.40. The minimum atomic E-state index is 0.113. The van der Waals surface area contributed by atoms with Crippen LogP contribution in [0.4, 0.5) is 4.79 Å². The Balaban J connectivity index is 1.24. The van der Waals surface area contributed by atoms with Gasteiger partial charge in [0.1, 0.15) is 12.4 Å². The van der Waals surface area contributed by atoms with Crippen LogP contribution in [0.3, 0.4) is 0 Å². The fraction of sp³-hybridized carbons (Fsp3) is 0.600. The molecule has 1 aliphatic carbocycles. The summed E-state index contributed by atoms with van der Waals surface area (Å²) >= 11 is 0. The Morgan fingerprint density at radius 3 is 2.46 bits per heavy atom. The lowest BCUT2D eigenvalue weighted by atomic mass is 10.2. The zero-order valence-corrected chi connectivity index (χ0v) is 15.1. The van der Waals surface area contributed by atoms with E-state index in [1.165, 1.54) is 12.8 Å². The molecule has 3 aliphatic rings. The maximum atomic E-state index is 12.4. The van der Waals surface area contributed by atoms with Gasteiger partial charge in [-0.25, -0.2) is 4.79 Å². The molecule has 1 N–H and O–H groups in total. The monoisotopic (exact) mass is 354 g/mol. The van der Waals surface area contributed by atoms with Gasteiger partial charge in [0.25, 0.3) is 0 Å². The van der Waals surface area contributed by atoms with Gasteiger partial charge in [-0.1, -0.05) is 0 Å². The van der Waals surface area contributed by atoms with E-state index in [1.807, 2.05) is 17.0 Å². The van der Waals surface area contributed by atoms with Crippen LogP contribution in [-0.2, 0) is 0 Å². The van der Waals surface area contributed by atoms with Crippen molar-refractivity contribution in [3.63, 3.8) is 0 Å².